The average Bonchev–Trinajstić information content (AvgIpc) is 2.50. The smallest absolute Gasteiger partial charge is 0.0229 e. The molecule has 1 rings (SSSR count). The molecule has 14 heavy (non-hydrogen) atoms. The summed E-state index contributed by atoms with van der Waals surface area (Å²) in [6, 6.07) is 0.954. The van der Waals surface area contributed by atoms with Crippen molar-refractivity contribution in [3.63, 3.8) is 0 Å². The van der Waals surface area contributed by atoms with Gasteiger partial charge in [-0.15, -0.1) is 0 Å². The first-order chi connectivity index (χ1) is 6.63. The van der Waals surface area contributed by atoms with Crippen molar-refractivity contribution in [2.24, 2.45) is 11.7 Å². The zero-order valence-electron chi connectivity index (χ0n) is 9.74. The summed E-state index contributed by atoms with van der Waals surface area (Å²) in [5.74, 6) is 0.680. The Morgan fingerprint density at radius 3 is 2.57 bits per heavy atom. The van der Waals surface area contributed by atoms with Crippen LogP contribution in [0.4, 0.5) is 0 Å². The van der Waals surface area contributed by atoms with E-state index in [-0.39, 0.29) is 0 Å². The Labute approximate surface area is 88.2 Å². The van der Waals surface area contributed by atoms with E-state index in [4.69, 9.17) is 5.73 Å². The molecule has 0 bridgehead atoms. The Morgan fingerprint density at radius 2 is 2.14 bits per heavy atom. The van der Waals surface area contributed by atoms with Gasteiger partial charge in [-0.05, 0) is 39.2 Å². The molecule has 0 heterocycles. The van der Waals surface area contributed by atoms with E-state index in [1.807, 2.05) is 0 Å². The number of nitrogens with zero attached hydrogens (tertiary/aromatic N) is 1. The molecule has 2 heteroatoms. The van der Waals surface area contributed by atoms with Gasteiger partial charge >= 0.3 is 0 Å². The zero-order chi connectivity index (χ0) is 10.6. The molecule has 0 aromatic rings. The highest BCUT2D eigenvalue weighted by Gasteiger charge is 2.19. The fraction of sp³-hybridized carbons (Fsp3) is 0.833. The Kier molecular flexibility index (Phi) is 4.63. The monoisotopic (exact) mass is 196 g/mol. The maximum Gasteiger partial charge on any atom is 0.0229 e. The Balaban J connectivity index is 2.36. The van der Waals surface area contributed by atoms with Gasteiger partial charge in [-0.1, -0.05) is 19.1 Å². The first kappa shape index (κ1) is 11.7. The lowest BCUT2D eigenvalue weighted by Gasteiger charge is -2.28. The van der Waals surface area contributed by atoms with Gasteiger partial charge in [0.1, 0.15) is 0 Å². The molecule has 1 aliphatic rings. The second kappa shape index (κ2) is 5.52. The molecule has 0 amide bonds. The van der Waals surface area contributed by atoms with Crippen molar-refractivity contribution < 1.29 is 0 Å². The van der Waals surface area contributed by atoms with Crippen molar-refractivity contribution in [2.45, 2.75) is 45.7 Å². The molecule has 2 nitrogen and oxygen atoms in total. The molecular formula is C12H24N2. The molecule has 0 fully saturated rings. The van der Waals surface area contributed by atoms with E-state index in [0.29, 0.717) is 18.0 Å². The summed E-state index contributed by atoms with van der Waals surface area (Å²) in [5.41, 5.74) is 5.85. The third kappa shape index (κ3) is 3.43. The molecule has 0 saturated carbocycles. The number of nitrogens with two attached hydrogens (primary N) is 1. The molecule has 2 unspecified atom stereocenters. The van der Waals surface area contributed by atoms with Crippen molar-refractivity contribution in [2.75, 3.05) is 13.1 Å². The van der Waals surface area contributed by atoms with Gasteiger partial charge in [0.25, 0.3) is 0 Å². The minimum atomic E-state index is 0.302. The largest absolute Gasteiger partial charge is 0.324 e. The van der Waals surface area contributed by atoms with Gasteiger partial charge in [0.05, 0.1) is 0 Å². The molecular weight excluding hydrogens is 172 g/mol. The van der Waals surface area contributed by atoms with Crippen LogP contribution in [0.25, 0.3) is 0 Å². The van der Waals surface area contributed by atoms with Crippen molar-refractivity contribution in [3.05, 3.63) is 12.2 Å². The van der Waals surface area contributed by atoms with E-state index >= 15 is 0 Å². The van der Waals surface area contributed by atoms with E-state index in [9.17, 15) is 0 Å². The van der Waals surface area contributed by atoms with Gasteiger partial charge in [0, 0.05) is 18.6 Å². The third-order valence-corrected chi connectivity index (χ3v) is 2.92. The fourth-order valence-electron chi connectivity index (χ4n) is 2.09. The lowest BCUT2D eigenvalue weighted by atomic mass is 10.1. The van der Waals surface area contributed by atoms with Crippen LogP contribution in [-0.4, -0.2) is 30.1 Å². The molecule has 1 aliphatic carbocycles. The first-order valence-corrected chi connectivity index (χ1v) is 5.81. The second-order valence-electron chi connectivity index (χ2n) is 4.63. The normalized spacial score (nSPS) is 26.7. The molecule has 2 N–H and O–H groups in total. The molecule has 0 radical (unpaired) electrons. The van der Waals surface area contributed by atoms with Crippen LogP contribution in [0.5, 0.6) is 0 Å². The summed E-state index contributed by atoms with van der Waals surface area (Å²) in [6.07, 6.45) is 6.80. The van der Waals surface area contributed by atoms with Crippen LogP contribution < -0.4 is 5.73 Å². The summed E-state index contributed by atoms with van der Waals surface area (Å²) >= 11 is 0. The van der Waals surface area contributed by atoms with E-state index < -0.39 is 0 Å². The van der Waals surface area contributed by atoms with Crippen molar-refractivity contribution >= 4 is 0 Å². The summed E-state index contributed by atoms with van der Waals surface area (Å²) in [7, 11) is 0. The molecule has 82 valence electrons. The van der Waals surface area contributed by atoms with Crippen molar-refractivity contribution in [1.29, 1.82) is 0 Å². The standard InChI is InChI=1S/C12H24N2/c1-4-7-14(10(2)3)9-11-5-6-12(13)8-11/h5-6,10-12H,4,7-9,13H2,1-3H3. The summed E-state index contributed by atoms with van der Waals surface area (Å²) in [4.78, 5) is 2.55. The van der Waals surface area contributed by atoms with E-state index in [0.717, 1.165) is 6.42 Å². The summed E-state index contributed by atoms with van der Waals surface area (Å²) < 4.78 is 0. The Morgan fingerprint density at radius 1 is 1.43 bits per heavy atom. The summed E-state index contributed by atoms with van der Waals surface area (Å²) in [6.45, 7) is 9.17. The molecule has 2 atom stereocenters. The minimum absolute atomic E-state index is 0.302. The van der Waals surface area contributed by atoms with Gasteiger partial charge in [-0.3, -0.25) is 0 Å². The van der Waals surface area contributed by atoms with Crippen LogP contribution >= 0.6 is 0 Å². The second-order valence-corrected chi connectivity index (χ2v) is 4.63. The van der Waals surface area contributed by atoms with E-state index in [1.165, 1.54) is 19.5 Å². The zero-order valence-corrected chi connectivity index (χ0v) is 9.74. The Bertz CT molecular complexity index is 187. The summed E-state index contributed by atoms with van der Waals surface area (Å²) in [5, 5.41) is 0. The molecule has 0 aromatic carbocycles. The van der Waals surface area contributed by atoms with E-state index in [1.54, 1.807) is 0 Å². The van der Waals surface area contributed by atoms with Crippen LogP contribution in [0.1, 0.15) is 33.6 Å². The van der Waals surface area contributed by atoms with Gasteiger partial charge in [0.2, 0.25) is 0 Å². The highest BCUT2D eigenvalue weighted by molar-refractivity contribution is 5.05. The van der Waals surface area contributed by atoms with Gasteiger partial charge in [-0.25, -0.2) is 0 Å². The van der Waals surface area contributed by atoms with Crippen LogP contribution in [0.3, 0.4) is 0 Å². The minimum Gasteiger partial charge on any atom is -0.324 e. The maximum absolute atomic E-state index is 5.85. The van der Waals surface area contributed by atoms with Crippen LogP contribution in [0.2, 0.25) is 0 Å². The lowest BCUT2D eigenvalue weighted by molar-refractivity contribution is 0.199. The molecule has 0 spiro atoms. The van der Waals surface area contributed by atoms with Crippen LogP contribution in [-0.2, 0) is 0 Å². The van der Waals surface area contributed by atoms with Gasteiger partial charge < -0.3 is 10.6 Å². The number of hydrogen-bond donors (Lipinski definition) is 1. The molecule has 0 saturated heterocycles. The number of rotatable bonds is 5. The predicted octanol–water partition coefficient (Wildman–Crippen LogP) is 2.01. The lowest BCUT2D eigenvalue weighted by Crippen LogP contribution is -2.35. The Hall–Kier alpha value is -0.340. The van der Waals surface area contributed by atoms with Gasteiger partial charge in [-0.2, -0.15) is 0 Å². The number of hydrogen-bond acceptors (Lipinski definition) is 2. The maximum atomic E-state index is 5.85. The average molecular weight is 196 g/mol. The molecule has 0 aliphatic heterocycles. The fourth-order valence-corrected chi connectivity index (χ4v) is 2.09. The highest BCUT2D eigenvalue weighted by atomic mass is 15.1. The van der Waals surface area contributed by atoms with Crippen molar-refractivity contribution in [1.82, 2.24) is 4.90 Å². The topological polar surface area (TPSA) is 29.3 Å². The SMILES string of the molecule is CCCN(CC1C=CC(N)C1)C(C)C. The van der Waals surface area contributed by atoms with E-state index in [2.05, 4.69) is 37.8 Å². The predicted molar refractivity (Wildman–Crippen MR) is 62.2 cm³/mol. The van der Waals surface area contributed by atoms with Crippen LogP contribution in [0.15, 0.2) is 12.2 Å². The first-order valence-electron chi connectivity index (χ1n) is 5.81. The highest BCUT2D eigenvalue weighted by Crippen LogP contribution is 2.18. The third-order valence-electron chi connectivity index (χ3n) is 2.92. The quantitative estimate of drug-likeness (QED) is 0.682. The van der Waals surface area contributed by atoms with Crippen LogP contribution in [0, 0.1) is 5.92 Å². The van der Waals surface area contributed by atoms with Gasteiger partial charge in [0.15, 0.2) is 0 Å². The molecule has 0 aromatic heterocycles. The van der Waals surface area contributed by atoms with Crippen molar-refractivity contribution in [3.8, 4) is 0 Å².